The van der Waals surface area contributed by atoms with Gasteiger partial charge in [0.2, 0.25) is 5.91 Å². The van der Waals surface area contributed by atoms with Crippen LogP contribution >= 0.6 is 0 Å². The molecule has 1 amide bonds. The molecule has 36 heavy (non-hydrogen) atoms. The summed E-state index contributed by atoms with van der Waals surface area (Å²) in [5.41, 5.74) is 0.274. The van der Waals surface area contributed by atoms with Crippen molar-refractivity contribution < 1.29 is 33.6 Å². The van der Waals surface area contributed by atoms with Crippen LogP contribution in [0.2, 0.25) is 0 Å². The molecule has 3 heterocycles. The minimum atomic E-state index is -0.663. The molecule has 8 atom stereocenters. The van der Waals surface area contributed by atoms with E-state index in [4.69, 9.17) is 18.9 Å². The molecule has 3 saturated heterocycles. The van der Waals surface area contributed by atoms with Crippen molar-refractivity contribution in [2.75, 3.05) is 6.61 Å². The zero-order valence-electron chi connectivity index (χ0n) is 22.7. The molecule has 1 unspecified atom stereocenters. The number of nitrogens with one attached hydrogen (secondary N) is 1. The number of hydrogen-bond acceptors (Lipinski definition) is 7. The van der Waals surface area contributed by atoms with Crippen LogP contribution in [-0.2, 0) is 28.5 Å². The van der Waals surface area contributed by atoms with Crippen molar-refractivity contribution in [2.45, 2.75) is 115 Å². The molecule has 0 radical (unpaired) electrons. The second-order valence-corrected chi connectivity index (χ2v) is 11.2. The van der Waals surface area contributed by atoms with Gasteiger partial charge in [-0.25, -0.2) is 0 Å². The first kappa shape index (κ1) is 28.6. The quantitative estimate of drug-likeness (QED) is 0.225. The topological polar surface area (TPSA) is 107 Å². The molecule has 2 N–H and O–H groups in total. The fourth-order valence-electron chi connectivity index (χ4n) is 5.19. The molecule has 0 saturated carbocycles. The van der Waals surface area contributed by atoms with Crippen LogP contribution in [0.3, 0.4) is 0 Å². The lowest BCUT2D eigenvalue weighted by molar-refractivity contribution is -0.171. The van der Waals surface area contributed by atoms with Crippen molar-refractivity contribution in [3.63, 3.8) is 0 Å². The number of aliphatic hydroxyl groups excluding tert-OH is 1. The Balaban J connectivity index is 1.49. The molecule has 3 aliphatic heterocycles. The number of ether oxygens (including phenoxy) is 4. The van der Waals surface area contributed by atoms with Crippen LogP contribution in [0, 0.1) is 5.92 Å². The van der Waals surface area contributed by atoms with Gasteiger partial charge in [0.1, 0.15) is 23.9 Å². The Hall–Kier alpha value is -2.00. The van der Waals surface area contributed by atoms with Gasteiger partial charge in [-0.05, 0) is 59.5 Å². The molecule has 0 aromatic carbocycles. The zero-order valence-corrected chi connectivity index (χ0v) is 22.7. The second kappa shape index (κ2) is 11.6. The Morgan fingerprint density at radius 1 is 1.22 bits per heavy atom. The number of epoxide rings is 1. The minimum Gasteiger partial charge on any atom is -0.459 e. The molecule has 3 aliphatic rings. The SMILES string of the molecule is CC(=O)O[C@H](C)/C=C\C(=O)NC1C[C@H](C)[C@H](C/C=C(C)/C=C/[C@H]2OC(C)(C)C[C@@]3(CO3)[C@@H]2O)O[C@@H]1C. The summed E-state index contributed by atoms with van der Waals surface area (Å²) >= 11 is 0. The molecule has 8 nitrogen and oxygen atoms in total. The number of esters is 1. The molecule has 3 fully saturated rings. The first-order chi connectivity index (χ1) is 16.8. The summed E-state index contributed by atoms with van der Waals surface area (Å²) in [5.74, 6) is -0.346. The average molecular weight is 506 g/mol. The van der Waals surface area contributed by atoms with E-state index in [9.17, 15) is 14.7 Å². The summed E-state index contributed by atoms with van der Waals surface area (Å²) in [4.78, 5) is 23.3. The third-order valence-corrected chi connectivity index (χ3v) is 7.18. The predicted octanol–water partition coefficient (Wildman–Crippen LogP) is 3.38. The molecule has 0 aromatic heterocycles. The molecule has 8 heteroatoms. The van der Waals surface area contributed by atoms with Crippen LogP contribution in [0.1, 0.15) is 67.7 Å². The molecule has 1 spiro atoms. The monoisotopic (exact) mass is 505 g/mol. The maximum atomic E-state index is 12.3. The van der Waals surface area contributed by atoms with Gasteiger partial charge in [0, 0.05) is 19.4 Å². The number of amides is 1. The van der Waals surface area contributed by atoms with Gasteiger partial charge in [-0.15, -0.1) is 0 Å². The Labute approximate surface area is 215 Å². The molecule has 0 bridgehead atoms. The third-order valence-electron chi connectivity index (χ3n) is 7.18. The van der Waals surface area contributed by atoms with Crippen LogP contribution in [0.4, 0.5) is 0 Å². The van der Waals surface area contributed by atoms with Crippen molar-refractivity contribution in [1.29, 1.82) is 0 Å². The van der Waals surface area contributed by atoms with Crippen LogP contribution in [0.5, 0.6) is 0 Å². The van der Waals surface area contributed by atoms with E-state index in [1.165, 1.54) is 13.0 Å². The number of rotatable bonds is 8. The molecular weight excluding hydrogens is 462 g/mol. The summed E-state index contributed by atoms with van der Waals surface area (Å²) in [7, 11) is 0. The Morgan fingerprint density at radius 3 is 2.56 bits per heavy atom. The maximum absolute atomic E-state index is 12.3. The van der Waals surface area contributed by atoms with Crippen molar-refractivity contribution in [3.05, 3.63) is 36.0 Å². The molecule has 0 aliphatic carbocycles. The number of allylic oxidation sites excluding steroid dienone is 2. The molecular formula is C28H43NO7. The lowest BCUT2D eigenvalue weighted by Gasteiger charge is -2.41. The van der Waals surface area contributed by atoms with E-state index in [-0.39, 0.29) is 41.6 Å². The number of carbonyl (C=O) groups is 2. The molecule has 202 valence electrons. The van der Waals surface area contributed by atoms with E-state index in [2.05, 4.69) is 18.3 Å². The summed E-state index contributed by atoms with van der Waals surface area (Å²) in [5, 5.41) is 13.7. The average Bonchev–Trinajstić information content (AvgIpc) is 3.54. The lowest BCUT2D eigenvalue weighted by atomic mass is 9.83. The smallest absolute Gasteiger partial charge is 0.303 e. The fourth-order valence-corrected chi connectivity index (χ4v) is 5.19. The van der Waals surface area contributed by atoms with Crippen LogP contribution in [-0.4, -0.2) is 71.4 Å². The van der Waals surface area contributed by atoms with Crippen molar-refractivity contribution >= 4 is 11.9 Å². The van der Waals surface area contributed by atoms with Gasteiger partial charge >= 0.3 is 5.97 Å². The normalized spacial score (nSPS) is 37.3. The molecule has 0 aromatic rings. The number of hydrogen-bond donors (Lipinski definition) is 2. The summed E-state index contributed by atoms with van der Waals surface area (Å²) in [6.07, 6.45) is 9.71. The summed E-state index contributed by atoms with van der Waals surface area (Å²) < 4.78 is 23.0. The highest BCUT2D eigenvalue weighted by atomic mass is 16.6. The van der Waals surface area contributed by atoms with E-state index < -0.39 is 23.9 Å². The highest BCUT2D eigenvalue weighted by Crippen LogP contribution is 2.46. The number of aliphatic hydroxyl groups is 1. The van der Waals surface area contributed by atoms with Crippen LogP contribution < -0.4 is 5.32 Å². The van der Waals surface area contributed by atoms with Gasteiger partial charge in [-0.1, -0.05) is 30.7 Å². The summed E-state index contributed by atoms with van der Waals surface area (Å²) in [6.45, 7) is 13.8. The van der Waals surface area contributed by atoms with Crippen molar-refractivity contribution in [1.82, 2.24) is 5.32 Å². The Morgan fingerprint density at radius 2 is 1.92 bits per heavy atom. The van der Waals surface area contributed by atoms with Gasteiger partial charge < -0.3 is 29.4 Å². The predicted molar refractivity (Wildman–Crippen MR) is 136 cm³/mol. The highest BCUT2D eigenvalue weighted by Gasteiger charge is 2.60. The molecule has 3 rings (SSSR count). The maximum Gasteiger partial charge on any atom is 0.303 e. The second-order valence-electron chi connectivity index (χ2n) is 11.2. The van der Waals surface area contributed by atoms with Crippen molar-refractivity contribution in [2.24, 2.45) is 5.92 Å². The largest absolute Gasteiger partial charge is 0.459 e. The van der Waals surface area contributed by atoms with E-state index in [0.717, 1.165) is 18.4 Å². The van der Waals surface area contributed by atoms with Crippen molar-refractivity contribution in [3.8, 4) is 0 Å². The van der Waals surface area contributed by atoms with E-state index in [0.29, 0.717) is 13.0 Å². The Kier molecular flexibility index (Phi) is 9.20. The minimum absolute atomic E-state index is 0.0506. The fraction of sp³-hybridized carbons (Fsp3) is 0.714. The first-order valence-electron chi connectivity index (χ1n) is 13.0. The van der Waals surface area contributed by atoms with Gasteiger partial charge in [-0.3, -0.25) is 9.59 Å². The van der Waals surface area contributed by atoms with E-state index in [1.807, 2.05) is 39.8 Å². The first-order valence-corrected chi connectivity index (χ1v) is 13.0. The summed E-state index contributed by atoms with van der Waals surface area (Å²) in [6, 6.07) is -0.0901. The van der Waals surface area contributed by atoms with E-state index >= 15 is 0 Å². The van der Waals surface area contributed by atoms with Gasteiger partial charge in [0.25, 0.3) is 0 Å². The van der Waals surface area contributed by atoms with Crippen LogP contribution in [0.25, 0.3) is 0 Å². The van der Waals surface area contributed by atoms with Gasteiger partial charge in [-0.2, -0.15) is 0 Å². The van der Waals surface area contributed by atoms with E-state index in [1.54, 1.807) is 13.0 Å². The third kappa shape index (κ3) is 7.75. The number of carbonyl (C=O) groups excluding carboxylic acids is 2. The highest BCUT2D eigenvalue weighted by molar-refractivity contribution is 5.87. The Bertz CT molecular complexity index is 888. The standard InChI is InChI=1S/C28H43NO7/c1-17(9-12-24-26(32)28(16-33-28)15-27(6,7)36-24)8-11-23-18(2)14-22(20(4)35-23)29-25(31)13-10-19(3)34-21(5)30/h8-10,12-13,18-20,22-24,26,32H,11,14-16H2,1-7H3,(H,29,31)/b12-9+,13-10-,17-8+/t18-,19+,20+,22?,23-,24+,26+,28+/m0/s1. The van der Waals surface area contributed by atoms with Gasteiger partial charge in [0.15, 0.2) is 0 Å². The van der Waals surface area contributed by atoms with Crippen LogP contribution in [0.15, 0.2) is 36.0 Å². The van der Waals surface area contributed by atoms with Gasteiger partial charge in [0.05, 0.1) is 30.5 Å². The lowest BCUT2D eigenvalue weighted by Crippen LogP contribution is -2.53. The zero-order chi connectivity index (χ0) is 26.7.